The molecular formula is C24H29FN2O7S2. The summed E-state index contributed by atoms with van der Waals surface area (Å²) in [7, 11) is -2.28. The second-order valence-corrected chi connectivity index (χ2v) is 11.3. The number of thioether (sulfide) groups is 1. The molecule has 0 saturated heterocycles. The van der Waals surface area contributed by atoms with Crippen LogP contribution in [0.15, 0.2) is 58.3 Å². The van der Waals surface area contributed by atoms with E-state index in [1.54, 1.807) is 24.5 Å². The van der Waals surface area contributed by atoms with E-state index in [2.05, 4.69) is 4.74 Å². The van der Waals surface area contributed by atoms with Crippen molar-refractivity contribution in [2.24, 2.45) is 5.41 Å². The van der Waals surface area contributed by atoms with Gasteiger partial charge in [-0.2, -0.15) is 15.0 Å². The lowest BCUT2D eigenvalue weighted by Crippen LogP contribution is -2.36. The van der Waals surface area contributed by atoms with Crippen LogP contribution in [0, 0.1) is 15.5 Å². The molecule has 0 bridgehead atoms. The van der Waals surface area contributed by atoms with E-state index < -0.39 is 32.7 Å². The first kappa shape index (κ1) is 27.8. The Morgan fingerprint density at radius 2 is 1.92 bits per heavy atom. The van der Waals surface area contributed by atoms with Crippen molar-refractivity contribution in [2.45, 2.75) is 36.5 Å². The van der Waals surface area contributed by atoms with Crippen molar-refractivity contribution >= 4 is 45.4 Å². The normalized spacial score (nSPS) is 17.5. The van der Waals surface area contributed by atoms with E-state index in [-0.39, 0.29) is 22.1 Å². The Bertz CT molecular complexity index is 1170. The van der Waals surface area contributed by atoms with Gasteiger partial charge in [0.05, 0.1) is 27.5 Å². The third kappa shape index (κ3) is 5.61. The van der Waals surface area contributed by atoms with Crippen LogP contribution in [0.3, 0.4) is 0 Å². The summed E-state index contributed by atoms with van der Waals surface area (Å²) < 4.78 is 46.5. The van der Waals surface area contributed by atoms with Gasteiger partial charge in [-0.1, -0.05) is 13.8 Å². The zero-order valence-electron chi connectivity index (χ0n) is 20.4. The molecule has 0 atom stereocenters. The second kappa shape index (κ2) is 11.1. The maximum atomic E-state index is 13.9. The molecule has 196 valence electrons. The monoisotopic (exact) mass is 540 g/mol. The van der Waals surface area contributed by atoms with E-state index in [4.69, 9.17) is 4.74 Å². The number of ether oxygens (including phenoxy) is 2. The molecule has 2 N–H and O–H groups in total. The fraction of sp³-hybridized carbons (Fsp3) is 0.375. The van der Waals surface area contributed by atoms with Crippen molar-refractivity contribution in [3.05, 3.63) is 58.6 Å². The van der Waals surface area contributed by atoms with E-state index in [9.17, 15) is 28.4 Å². The number of hydrogen-bond acceptors (Lipinski definition) is 9. The summed E-state index contributed by atoms with van der Waals surface area (Å²) in [6.07, 6.45) is 3.74. The van der Waals surface area contributed by atoms with E-state index >= 15 is 0 Å². The van der Waals surface area contributed by atoms with Crippen molar-refractivity contribution in [1.82, 2.24) is 0 Å². The largest absolute Gasteiger partial charge is 0.464 e. The van der Waals surface area contributed by atoms with Gasteiger partial charge in [-0.15, -0.1) is 11.8 Å². The highest BCUT2D eigenvalue weighted by atomic mass is 32.3. The van der Waals surface area contributed by atoms with Crippen LogP contribution in [0.1, 0.15) is 26.7 Å². The molecule has 0 aromatic heterocycles. The predicted molar refractivity (Wildman–Crippen MR) is 139 cm³/mol. The number of nitro benzene ring substituents is 1. The number of hydrogen-bond donors (Lipinski definition) is 2. The minimum atomic E-state index is -3.33. The average Bonchev–Trinajstić information content (AvgIpc) is 2.98. The number of nitrogens with zero attached hydrogens (tertiary/aromatic N) is 2. The molecule has 9 nitrogen and oxygen atoms in total. The minimum absolute atomic E-state index is 0.0525. The molecule has 0 radical (unpaired) electrons. The lowest BCUT2D eigenvalue weighted by Gasteiger charge is -2.40. The SMILES string of the molecule is CCC1(CC)CN(c2ccc([N+](=O)[O-])cc2)c2cc(SC)c(O/C=C(\F)C(=O)OC)cc2S(O)(O)C1. The molecular weight excluding hydrogens is 511 g/mol. The number of esters is 1. The molecule has 1 aliphatic heterocycles. The molecule has 0 saturated carbocycles. The van der Waals surface area contributed by atoms with Crippen LogP contribution in [0.5, 0.6) is 5.75 Å². The van der Waals surface area contributed by atoms with Gasteiger partial charge in [0, 0.05) is 41.6 Å². The van der Waals surface area contributed by atoms with Gasteiger partial charge in [-0.05, 0) is 37.3 Å². The molecule has 1 heterocycles. The molecule has 0 fully saturated rings. The minimum Gasteiger partial charge on any atom is -0.464 e. The van der Waals surface area contributed by atoms with Gasteiger partial charge in [0.15, 0.2) is 0 Å². The molecule has 0 spiro atoms. The first-order chi connectivity index (χ1) is 17.0. The van der Waals surface area contributed by atoms with Crippen molar-refractivity contribution in [3.8, 4) is 5.75 Å². The Morgan fingerprint density at radius 1 is 1.28 bits per heavy atom. The van der Waals surface area contributed by atoms with Gasteiger partial charge in [0.2, 0.25) is 5.83 Å². The quantitative estimate of drug-likeness (QED) is 0.0935. The van der Waals surface area contributed by atoms with E-state index in [1.165, 1.54) is 30.0 Å². The van der Waals surface area contributed by atoms with Gasteiger partial charge in [0.25, 0.3) is 5.69 Å². The Kier molecular flexibility index (Phi) is 8.55. The number of carbonyl (C=O) groups is 1. The molecule has 0 aliphatic carbocycles. The molecule has 3 rings (SSSR count). The number of methoxy groups -OCH3 is 1. The van der Waals surface area contributed by atoms with E-state index in [0.29, 0.717) is 41.9 Å². The summed E-state index contributed by atoms with van der Waals surface area (Å²) in [6, 6.07) is 9.25. The first-order valence-electron chi connectivity index (χ1n) is 11.1. The molecule has 2 aromatic rings. The summed E-state index contributed by atoms with van der Waals surface area (Å²) >= 11 is 1.29. The predicted octanol–water partition coefficient (Wildman–Crippen LogP) is 6.75. The number of benzene rings is 2. The zero-order valence-corrected chi connectivity index (χ0v) is 22.0. The summed E-state index contributed by atoms with van der Waals surface area (Å²) in [4.78, 5) is 24.8. The molecule has 0 amide bonds. The number of non-ortho nitro benzene ring substituents is 1. The maximum Gasteiger partial charge on any atom is 0.370 e. The van der Waals surface area contributed by atoms with Crippen molar-refractivity contribution in [3.63, 3.8) is 0 Å². The third-order valence-corrected chi connectivity index (χ3v) is 9.24. The van der Waals surface area contributed by atoms with Crippen LogP contribution in [-0.2, 0) is 9.53 Å². The highest BCUT2D eigenvalue weighted by molar-refractivity contribution is 8.24. The van der Waals surface area contributed by atoms with Crippen LogP contribution >= 0.6 is 22.4 Å². The van der Waals surface area contributed by atoms with Gasteiger partial charge in [-0.25, -0.2) is 4.79 Å². The number of rotatable bonds is 8. The number of carbonyl (C=O) groups excluding carboxylic acids is 1. The summed E-state index contributed by atoms with van der Waals surface area (Å²) in [5, 5.41) is 11.2. The van der Waals surface area contributed by atoms with E-state index in [0.717, 1.165) is 7.11 Å². The Labute approximate surface area is 214 Å². The van der Waals surface area contributed by atoms with Crippen LogP contribution < -0.4 is 9.64 Å². The lowest BCUT2D eigenvalue weighted by atomic mass is 9.83. The van der Waals surface area contributed by atoms with Gasteiger partial charge in [0.1, 0.15) is 12.0 Å². The average molecular weight is 541 g/mol. The summed E-state index contributed by atoms with van der Waals surface area (Å²) in [5.41, 5.74) is 0.657. The Hall–Kier alpha value is -2.80. The lowest BCUT2D eigenvalue weighted by molar-refractivity contribution is -0.384. The molecule has 12 heteroatoms. The van der Waals surface area contributed by atoms with Crippen LogP contribution in [-0.4, -0.2) is 45.7 Å². The molecule has 2 aromatic carbocycles. The second-order valence-electron chi connectivity index (χ2n) is 8.42. The highest BCUT2D eigenvalue weighted by Gasteiger charge is 2.41. The van der Waals surface area contributed by atoms with E-state index in [1.807, 2.05) is 18.7 Å². The summed E-state index contributed by atoms with van der Waals surface area (Å²) in [5.74, 6) is -2.19. The number of fused-ring (bicyclic) bond motifs is 1. The van der Waals surface area contributed by atoms with Gasteiger partial charge >= 0.3 is 5.97 Å². The maximum absolute atomic E-state index is 13.9. The standard InChI is InChI=1S/C24H29FN2O7S2/c1-5-24(6-2)14-26(16-7-9-17(10-8-16)27(29)30)19-11-21(35-4)20(12-22(19)36(31,32)15-24)34-13-18(25)23(28)33-3/h7-13,31-32H,5-6,14-15H2,1-4H3/b18-13-. The number of nitro groups is 1. The number of halogens is 1. The molecule has 0 unspecified atom stereocenters. The van der Waals surface area contributed by atoms with Crippen molar-refractivity contribution < 1.29 is 32.7 Å². The molecule has 36 heavy (non-hydrogen) atoms. The smallest absolute Gasteiger partial charge is 0.370 e. The van der Waals surface area contributed by atoms with Crippen molar-refractivity contribution in [1.29, 1.82) is 0 Å². The fourth-order valence-electron chi connectivity index (χ4n) is 4.15. The zero-order chi connectivity index (χ0) is 26.7. The van der Waals surface area contributed by atoms with Gasteiger partial charge in [-0.3, -0.25) is 19.2 Å². The van der Waals surface area contributed by atoms with Crippen LogP contribution in [0.2, 0.25) is 0 Å². The van der Waals surface area contributed by atoms with Gasteiger partial charge < -0.3 is 14.4 Å². The Morgan fingerprint density at radius 3 is 2.44 bits per heavy atom. The fourth-order valence-corrected chi connectivity index (χ4v) is 7.00. The highest BCUT2D eigenvalue weighted by Crippen LogP contribution is 2.61. The topological polar surface area (TPSA) is 122 Å². The van der Waals surface area contributed by atoms with Crippen LogP contribution in [0.25, 0.3) is 0 Å². The first-order valence-corrected chi connectivity index (χ1v) is 14.1. The Balaban J connectivity index is 2.21. The van der Waals surface area contributed by atoms with Crippen LogP contribution in [0.4, 0.5) is 21.5 Å². The van der Waals surface area contributed by atoms with Crippen molar-refractivity contribution in [2.75, 3.05) is 30.6 Å². The summed E-state index contributed by atoms with van der Waals surface area (Å²) in [6.45, 7) is 4.43. The number of anilines is 2. The molecule has 1 aliphatic rings. The third-order valence-electron chi connectivity index (χ3n) is 6.43.